The van der Waals surface area contributed by atoms with Crippen LogP contribution in [0.2, 0.25) is 5.02 Å². The second-order valence-corrected chi connectivity index (χ2v) is 8.43. The molecule has 32 heavy (non-hydrogen) atoms. The molecule has 1 fully saturated rings. The minimum absolute atomic E-state index is 0.00364. The van der Waals surface area contributed by atoms with E-state index in [4.69, 9.17) is 11.6 Å². The summed E-state index contributed by atoms with van der Waals surface area (Å²) in [5.74, 6) is 0.128. The van der Waals surface area contributed by atoms with Crippen LogP contribution < -0.4 is 5.32 Å². The van der Waals surface area contributed by atoms with Crippen LogP contribution in [0, 0.1) is 12.8 Å². The van der Waals surface area contributed by atoms with E-state index in [1.54, 1.807) is 23.1 Å². The normalized spacial score (nSPS) is 12.9. The molecule has 0 atom stereocenters. The number of anilines is 1. The summed E-state index contributed by atoms with van der Waals surface area (Å²) >= 11 is 6.02. The molecule has 0 radical (unpaired) electrons. The molecule has 0 unspecified atom stereocenters. The number of carbonyl (C=O) groups excluding carboxylic acids is 2. The third-order valence-corrected chi connectivity index (χ3v) is 5.55. The molecular weight excluding hydrogens is 424 g/mol. The molecule has 1 N–H and O–H groups in total. The fourth-order valence-corrected chi connectivity index (χ4v) is 3.64. The average molecular weight is 449 g/mol. The number of nitrogens with zero attached hydrogens (tertiary/aromatic N) is 3. The number of hydrogen-bond donors (Lipinski definition) is 1. The van der Waals surface area contributed by atoms with Crippen LogP contribution in [0.25, 0.3) is 16.9 Å². The van der Waals surface area contributed by atoms with Gasteiger partial charge >= 0.3 is 0 Å². The highest BCUT2D eigenvalue weighted by Gasteiger charge is 2.33. The Labute approximate surface area is 192 Å². The predicted octanol–water partition coefficient (Wildman–Crippen LogP) is 4.86. The van der Waals surface area contributed by atoms with E-state index in [0.717, 1.165) is 29.7 Å². The van der Waals surface area contributed by atoms with Crippen molar-refractivity contribution in [2.24, 2.45) is 5.92 Å². The van der Waals surface area contributed by atoms with Gasteiger partial charge in [-0.15, -0.1) is 6.58 Å². The zero-order valence-electron chi connectivity index (χ0n) is 17.9. The van der Waals surface area contributed by atoms with Gasteiger partial charge < -0.3 is 4.90 Å². The van der Waals surface area contributed by atoms with Crippen molar-refractivity contribution in [3.05, 3.63) is 78.0 Å². The number of carbonyl (C=O) groups is 2. The van der Waals surface area contributed by atoms with Crippen LogP contribution in [-0.2, 0) is 9.59 Å². The van der Waals surface area contributed by atoms with Crippen molar-refractivity contribution >= 4 is 29.4 Å². The topological polar surface area (TPSA) is 67.2 Å². The van der Waals surface area contributed by atoms with Crippen molar-refractivity contribution in [3.63, 3.8) is 0 Å². The van der Waals surface area contributed by atoms with Crippen molar-refractivity contribution in [1.29, 1.82) is 0 Å². The third kappa shape index (κ3) is 5.08. The van der Waals surface area contributed by atoms with Crippen molar-refractivity contribution < 1.29 is 9.59 Å². The molecule has 164 valence electrons. The molecule has 1 aliphatic carbocycles. The predicted molar refractivity (Wildman–Crippen MR) is 127 cm³/mol. The van der Waals surface area contributed by atoms with E-state index >= 15 is 0 Å². The van der Waals surface area contributed by atoms with Crippen LogP contribution >= 0.6 is 11.6 Å². The van der Waals surface area contributed by atoms with Crippen LogP contribution in [0.1, 0.15) is 18.4 Å². The molecule has 1 aliphatic rings. The van der Waals surface area contributed by atoms with Gasteiger partial charge in [-0.1, -0.05) is 41.9 Å². The molecule has 1 heterocycles. The van der Waals surface area contributed by atoms with Crippen LogP contribution in [0.15, 0.2) is 67.4 Å². The summed E-state index contributed by atoms with van der Waals surface area (Å²) in [6.07, 6.45) is 5.29. The molecule has 3 aromatic rings. The van der Waals surface area contributed by atoms with Crippen LogP contribution in [0.4, 0.5) is 5.95 Å². The number of halogens is 1. The first-order valence-electron chi connectivity index (χ1n) is 10.6. The highest BCUT2D eigenvalue weighted by molar-refractivity contribution is 6.30. The fourth-order valence-electron chi connectivity index (χ4n) is 3.52. The Balaban J connectivity index is 1.62. The maximum absolute atomic E-state index is 12.9. The zero-order valence-corrected chi connectivity index (χ0v) is 18.7. The van der Waals surface area contributed by atoms with Gasteiger partial charge in [0.25, 0.3) is 0 Å². The first kappa shape index (κ1) is 21.8. The smallest absolute Gasteiger partial charge is 0.246 e. The fraction of sp³-hybridized carbons (Fsp3) is 0.240. The second-order valence-electron chi connectivity index (χ2n) is 8.00. The molecule has 2 amide bonds. The SMILES string of the molecule is C=CCN(CC(=O)Nc1nc(-c2ccc(Cl)cc2)cn1-c1cccc(C)c1)C(=O)C1CC1. The molecule has 4 rings (SSSR count). The minimum atomic E-state index is -0.303. The Bertz CT molecular complexity index is 1150. The van der Waals surface area contributed by atoms with E-state index in [1.807, 2.05) is 54.1 Å². The summed E-state index contributed by atoms with van der Waals surface area (Å²) in [4.78, 5) is 31.6. The summed E-state index contributed by atoms with van der Waals surface area (Å²) in [6.45, 7) is 6.01. The Kier molecular flexibility index (Phi) is 6.42. The highest BCUT2D eigenvalue weighted by atomic mass is 35.5. The number of imidazole rings is 1. The maximum atomic E-state index is 12.9. The van der Waals surface area contributed by atoms with Crippen molar-refractivity contribution in [2.45, 2.75) is 19.8 Å². The van der Waals surface area contributed by atoms with Crippen LogP contribution in [0.5, 0.6) is 0 Å². The molecule has 6 nitrogen and oxygen atoms in total. The summed E-state index contributed by atoms with van der Waals surface area (Å²) < 4.78 is 1.84. The Morgan fingerprint density at radius 2 is 2.00 bits per heavy atom. The number of rotatable bonds is 8. The van der Waals surface area contributed by atoms with Gasteiger partial charge in [0.1, 0.15) is 6.54 Å². The molecule has 0 aliphatic heterocycles. The Morgan fingerprint density at radius 1 is 1.25 bits per heavy atom. The molecule has 0 saturated heterocycles. The molecule has 2 aromatic carbocycles. The van der Waals surface area contributed by atoms with Gasteiger partial charge in [-0.2, -0.15) is 0 Å². The third-order valence-electron chi connectivity index (χ3n) is 5.30. The minimum Gasteiger partial charge on any atom is -0.329 e. The van der Waals surface area contributed by atoms with Gasteiger partial charge in [-0.25, -0.2) is 4.98 Å². The van der Waals surface area contributed by atoms with E-state index in [2.05, 4.69) is 16.9 Å². The van der Waals surface area contributed by atoms with Crippen LogP contribution in [0.3, 0.4) is 0 Å². The average Bonchev–Trinajstić information content (AvgIpc) is 3.54. The Morgan fingerprint density at radius 3 is 2.66 bits per heavy atom. The first-order chi connectivity index (χ1) is 15.4. The molecule has 1 aromatic heterocycles. The van der Waals surface area contributed by atoms with Crippen molar-refractivity contribution in [3.8, 4) is 16.9 Å². The van der Waals surface area contributed by atoms with Gasteiger partial charge in [0.15, 0.2) is 0 Å². The lowest BCUT2D eigenvalue weighted by Gasteiger charge is -2.20. The van der Waals surface area contributed by atoms with Gasteiger partial charge in [0.2, 0.25) is 17.8 Å². The lowest BCUT2D eigenvalue weighted by molar-refractivity contribution is -0.135. The van der Waals surface area contributed by atoms with E-state index in [-0.39, 0.29) is 24.3 Å². The molecule has 1 saturated carbocycles. The van der Waals surface area contributed by atoms with Gasteiger partial charge in [0.05, 0.1) is 5.69 Å². The summed E-state index contributed by atoms with van der Waals surface area (Å²) in [5, 5.41) is 3.53. The molecule has 7 heteroatoms. The maximum Gasteiger partial charge on any atom is 0.246 e. The van der Waals surface area contributed by atoms with Crippen LogP contribution in [-0.4, -0.2) is 39.4 Å². The number of hydrogen-bond acceptors (Lipinski definition) is 3. The molecular formula is C25H25ClN4O2. The summed E-state index contributed by atoms with van der Waals surface area (Å²) in [7, 11) is 0. The van der Waals surface area contributed by atoms with Gasteiger partial charge in [0, 0.05) is 34.9 Å². The highest BCUT2D eigenvalue weighted by Crippen LogP contribution is 2.31. The number of aryl methyl sites for hydroxylation is 1. The first-order valence-corrected chi connectivity index (χ1v) is 10.9. The van der Waals surface area contributed by atoms with Gasteiger partial charge in [-0.05, 0) is 49.6 Å². The van der Waals surface area contributed by atoms with E-state index in [0.29, 0.717) is 23.2 Å². The van der Waals surface area contributed by atoms with E-state index in [9.17, 15) is 9.59 Å². The van der Waals surface area contributed by atoms with E-state index < -0.39 is 0 Å². The van der Waals surface area contributed by atoms with Crippen molar-refractivity contribution in [1.82, 2.24) is 14.5 Å². The summed E-state index contributed by atoms with van der Waals surface area (Å²) in [6, 6.07) is 15.3. The quantitative estimate of drug-likeness (QED) is 0.500. The second kappa shape index (κ2) is 9.40. The lowest BCUT2D eigenvalue weighted by atomic mass is 10.2. The number of aromatic nitrogens is 2. The Hall–Kier alpha value is -3.38. The largest absolute Gasteiger partial charge is 0.329 e. The molecule has 0 bridgehead atoms. The van der Waals surface area contributed by atoms with E-state index in [1.165, 1.54) is 0 Å². The lowest BCUT2D eigenvalue weighted by Crippen LogP contribution is -2.39. The van der Waals surface area contributed by atoms with Gasteiger partial charge in [-0.3, -0.25) is 19.5 Å². The standard InChI is InChI=1S/C25H25ClN4O2/c1-3-13-29(24(32)19-7-8-19)16-23(31)28-25-27-22(18-9-11-20(26)12-10-18)15-30(25)21-6-4-5-17(2)14-21/h3-6,9-12,14-15,19H,1,7-8,13,16H2,2H3,(H,27,28,31). The van der Waals surface area contributed by atoms with Crippen molar-refractivity contribution in [2.75, 3.05) is 18.4 Å². The summed E-state index contributed by atoms with van der Waals surface area (Å²) in [5.41, 5.74) is 3.56. The monoisotopic (exact) mass is 448 g/mol. The molecule has 0 spiro atoms. The zero-order chi connectivity index (χ0) is 22.7. The number of nitrogens with one attached hydrogen (secondary N) is 1. The number of amides is 2. The number of benzene rings is 2.